The van der Waals surface area contributed by atoms with Crippen LogP contribution < -0.4 is 0 Å². The number of hydrogen-bond donors (Lipinski definition) is 2. The molecule has 0 spiro atoms. The lowest BCUT2D eigenvalue weighted by Crippen LogP contribution is -2.24. The van der Waals surface area contributed by atoms with Gasteiger partial charge >= 0.3 is 5.97 Å². The summed E-state index contributed by atoms with van der Waals surface area (Å²) in [6.07, 6.45) is -1.42. The van der Waals surface area contributed by atoms with E-state index in [4.69, 9.17) is 24.1 Å². The molecule has 0 saturated heterocycles. The Morgan fingerprint density at radius 3 is 2.28 bits per heavy atom. The minimum Gasteiger partial charge on any atom is -0.463 e. The molecule has 0 amide bonds. The third kappa shape index (κ3) is 4.32. The summed E-state index contributed by atoms with van der Waals surface area (Å²) in [7, 11) is 0. The maximum atomic E-state index is 12.5. The molecule has 0 saturated carbocycles. The quantitative estimate of drug-likeness (QED) is 0.227. The third-order valence-electron chi connectivity index (χ3n) is 4.29. The van der Waals surface area contributed by atoms with E-state index in [1.165, 1.54) is 12.1 Å². The number of furan rings is 1. The third-order valence-corrected chi connectivity index (χ3v) is 4.29. The van der Waals surface area contributed by atoms with E-state index < -0.39 is 35.8 Å². The van der Waals surface area contributed by atoms with Crippen LogP contribution in [0.1, 0.15) is 49.0 Å². The first-order chi connectivity index (χ1) is 14.0. The van der Waals surface area contributed by atoms with Crippen molar-refractivity contribution in [2.45, 2.75) is 12.5 Å². The average Bonchev–Trinajstić information content (AvgIpc) is 3.18. The van der Waals surface area contributed by atoms with E-state index in [0.717, 1.165) is 6.07 Å². The summed E-state index contributed by atoms with van der Waals surface area (Å²) in [4.78, 5) is 49.1. The fourth-order valence-electron chi connectivity index (χ4n) is 2.81. The van der Waals surface area contributed by atoms with Gasteiger partial charge in [-0.2, -0.15) is 0 Å². The number of fused-ring (bicyclic) bond motifs is 2. The number of rotatable bonds is 9. The monoisotopic (exact) mass is 402 g/mol. The van der Waals surface area contributed by atoms with Crippen molar-refractivity contribution in [3.63, 3.8) is 0 Å². The fourth-order valence-corrected chi connectivity index (χ4v) is 2.81. The average molecular weight is 402 g/mol. The Morgan fingerprint density at radius 1 is 0.966 bits per heavy atom. The van der Waals surface area contributed by atoms with E-state index in [1.807, 2.05) is 0 Å². The van der Waals surface area contributed by atoms with Crippen LogP contribution in [-0.4, -0.2) is 66.1 Å². The fraction of sp³-hybridized carbons (Fsp3) is 0.300. The zero-order chi connectivity index (χ0) is 21.0. The Labute approximate surface area is 164 Å². The first-order valence-electron chi connectivity index (χ1n) is 8.80. The highest BCUT2D eigenvalue weighted by Crippen LogP contribution is 2.30. The van der Waals surface area contributed by atoms with Gasteiger partial charge in [0.2, 0.25) is 11.6 Å². The minimum atomic E-state index is -0.849. The number of carbonyl (C=O) groups is 4. The van der Waals surface area contributed by atoms with E-state index in [9.17, 15) is 19.2 Å². The first kappa shape index (κ1) is 20.6. The summed E-state index contributed by atoms with van der Waals surface area (Å²) in [5.74, 6) is -3.02. The maximum Gasteiger partial charge on any atom is 0.313 e. The predicted molar refractivity (Wildman–Crippen MR) is 95.8 cm³/mol. The van der Waals surface area contributed by atoms with Crippen LogP contribution in [0.2, 0.25) is 0 Å². The molecule has 1 aromatic carbocycles. The van der Waals surface area contributed by atoms with Gasteiger partial charge in [-0.15, -0.1) is 0 Å². The minimum absolute atomic E-state index is 0.0159. The molecule has 1 heterocycles. The van der Waals surface area contributed by atoms with Gasteiger partial charge in [0.1, 0.15) is 19.1 Å². The number of ketones is 3. The molecule has 0 unspecified atom stereocenters. The van der Waals surface area contributed by atoms with Gasteiger partial charge in [-0.3, -0.25) is 19.2 Å². The Bertz CT molecular complexity index is 900. The molecule has 0 radical (unpaired) electrons. The van der Waals surface area contributed by atoms with Gasteiger partial charge in [-0.25, -0.2) is 0 Å². The van der Waals surface area contributed by atoms with Crippen molar-refractivity contribution in [2.24, 2.45) is 0 Å². The zero-order valence-electron chi connectivity index (χ0n) is 15.3. The Morgan fingerprint density at radius 2 is 1.62 bits per heavy atom. The first-order valence-corrected chi connectivity index (χ1v) is 8.80. The highest BCUT2D eigenvalue weighted by atomic mass is 16.6. The number of benzene rings is 1. The molecule has 2 N–H and O–H groups in total. The van der Waals surface area contributed by atoms with Crippen molar-refractivity contribution in [2.75, 3.05) is 26.4 Å². The molecule has 0 atom stereocenters. The number of hydrogen-bond acceptors (Lipinski definition) is 9. The SMILES string of the molecule is O=C(CC(=O)c1cc2c(o1)C(=O)c1ccccc1C2=O)OCCOC(CO)CO. The zero-order valence-corrected chi connectivity index (χ0v) is 15.3. The van der Waals surface area contributed by atoms with Gasteiger partial charge in [0.25, 0.3) is 0 Å². The van der Waals surface area contributed by atoms with Crippen molar-refractivity contribution in [3.05, 3.63) is 58.5 Å². The van der Waals surface area contributed by atoms with Crippen LogP contribution in [0.25, 0.3) is 0 Å². The van der Waals surface area contributed by atoms with Gasteiger partial charge in [-0.1, -0.05) is 24.3 Å². The van der Waals surface area contributed by atoms with Crippen LogP contribution in [0.15, 0.2) is 34.7 Å². The summed E-state index contributed by atoms with van der Waals surface area (Å²) in [6, 6.07) is 7.43. The van der Waals surface area contributed by atoms with E-state index >= 15 is 0 Å². The summed E-state index contributed by atoms with van der Waals surface area (Å²) in [6.45, 7) is -1.01. The van der Waals surface area contributed by atoms with Gasteiger partial charge in [-0.05, 0) is 6.07 Å². The van der Waals surface area contributed by atoms with Crippen LogP contribution >= 0.6 is 0 Å². The van der Waals surface area contributed by atoms with Crippen LogP contribution in [0.5, 0.6) is 0 Å². The van der Waals surface area contributed by atoms with Gasteiger partial charge in [0, 0.05) is 11.1 Å². The number of carbonyl (C=O) groups excluding carboxylic acids is 4. The van der Waals surface area contributed by atoms with Crippen LogP contribution in [0.4, 0.5) is 0 Å². The Balaban J connectivity index is 1.61. The molecule has 0 bridgehead atoms. The van der Waals surface area contributed by atoms with Crippen molar-refractivity contribution in [3.8, 4) is 0 Å². The molecule has 1 aliphatic rings. The summed E-state index contributed by atoms with van der Waals surface area (Å²) in [5, 5.41) is 17.7. The lowest BCUT2D eigenvalue weighted by atomic mass is 9.88. The molecule has 9 nitrogen and oxygen atoms in total. The lowest BCUT2D eigenvalue weighted by Gasteiger charge is -2.12. The maximum absolute atomic E-state index is 12.5. The number of ether oxygens (including phenoxy) is 2. The largest absolute Gasteiger partial charge is 0.463 e. The van der Waals surface area contributed by atoms with Crippen molar-refractivity contribution in [1.29, 1.82) is 0 Å². The van der Waals surface area contributed by atoms with Crippen molar-refractivity contribution >= 4 is 23.3 Å². The topological polar surface area (TPSA) is 140 Å². The highest BCUT2D eigenvalue weighted by Gasteiger charge is 2.34. The van der Waals surface area contributed by atoms with Crippen molar-refractivity contribution in [1.82, 2.24) is 0 Å². The lowest BCUT2D eigenvalue weighted by molar-refractivity contribution is -0.145. The number of aliphatic hydroxyl groups is 2. The normalized spacial score (nSPS) is 12.7. The molecule has 1 aromatic heterocycles. The molecular weight excluding hydrogens is 384 g/mol. The number of esters is 1. The highest BCUT2D eigenvalue weighted by molar-refractivity contribution is 6.28. The van der Waals surface area contributed by atoms with E-state index in [-0.39, 0.29) is 54.6 Å². The van der Waals surface area contributed by atoms with E-state index in [0.29, 0.717) is 0 Å². The molecule has 9 heteroatoms. The van der Waals surface area contributed by atoms with Crippen LogP contribution in [-0.2, 0) is 14.3 Å². The molecule has 2 aromatic rings. The molecule has 3 rings (SSSR count). The second-order valence-electron chi connectivity index (χ2n) is 6.24. The van der Waals surface area contributed by atoms with Gasteiger partial charge in [0.05, 0.1) is 25.4 Å². The number of Topliss-reactive ketones (excluding diaryl/α,β-unsaturated/α-hetero) is 1. The van der Waals surface area contributed by atoms with Crippen LogP contribution in [0, 0.1) is 0 Å². The number of aliphatic hydroxyl groups excluding tert-OH is 2. The molecule has 0 fully saturated rings. The van der Waals surface area contributed by atoms with Gasteiger partial charge in [0.15, 0.2) is 17.3 Å². The van der Waals surface area contributed by atoms with Crippen LogP contribution in [0.3, 0.4) is 0 Å². The summed E-state index contributed by atoms with van der Waals surface area (Å²) in [5.41, 5.74) is 0.410. The molecule has 1 aliphatic carbocycles. The standard InChI is InChI=1S/C20H18O9/c21-9-11(10-22)27-5-6-28-17(24)8-15(23)16-7-14-18(25)12-3-1-2-4-13(12)19(26)20(14)29-16/h1-4,7,11,21-22H,5-6,8-10H2. The Hall–Kier alpha value is -3.14. The molecule has 152 valence electrons. The smallest absolute Gasteiger partial charge is 0.313 e. The van der Waals surface area contributed by atoms with Gasteiger partial charge < -0.3 is 24.1 Å². The Kier molecular flexibility index (Phi) is 6.32. The second kappa shape index (κ2) is 8.91. The van der Waals surface area contributed by atoms with E-state index in [1.54, 1.807) is 12.1 Å². The molecule has 0 aliphatic heterocycles. The second-order valence-corrected chi connectivity index (χ2v) is 6.24. The summed E-state index contributed by atoms with van der Waals surface area (Å²) < 4.78 is 15.2. The summed E-state index contributed by atoms with van der Waals surface area (Å²) >= 11 is 0. The molecular formula is C20H18O9. The van der Waals surface area contributed by atoms with Crippen molar-refractivity contribution < 1.29 is 43.3 Å². The predicted octanol–water partition coefficient (Wildman–Crippen LogP) is 0.541. The van der Waals surface area contributed by atoms with E-state index in [2.05, 4.69) is 0 Å². The molecule has 29 heavy (non-hydrogen) atoms.